The average Bonchev–Trinajstić information content (AvgIpc) is 2.55. The van der Waals surface area contributed by atoms with Crippen molar-refractivity contribution in [1.29, 1.82) is 0 Å². The van der Waals surface area contributed by atoms with E-state index in [2.05, 4.69) is 5.32 Å². The molecule has 0 radical (unpaired) electrons. The Morgan fingerprint density at radius 1 is 1.33 bits per heavy atom. The van der Waals surface area contributed by atoms with E-state index < -0.39 is 36.2 Å². The third kappa shape index (κ3) is 2.15. The molecule has 1 aliphatic heterocycles. The van der Waals surface area contributed by atoms with Crippen molar-refractivity contribution in [2.75, 3.05) is 4.90 Å². The molecule has 0 aliphatic carbocycles. The molecule has 2 rings (SSSR count). The van der Waals surface area contributed by atoms with Crippen molar-refractivity contribution in [2.45, 2.75) is 12.5 Å². The number of halogens is 1. The van der Waals surface area contributed by atoms with Crippen molar-refractivity contribution >= 4 is 23.6 Å². The molecule has 0 saturated carbocycles. The number of aliphatic carboxylic acids is 1. The van der Waals surface area contributed by atoms with Crippen molar-refractivity contribution in [2.24, 2.45) is 0 Å². The summed E-state index contributed by atoms with van der Waals surface area (Å²) in [7, 11) is 0. The molecule has 7 heteroatoms. The molecule has 1 saturated heterocycles. The number of hydrogen-bond acceptors (Lipinski definition) is 3. The van der Waals surface area contributed by atoms with Crippen LogP contribution in [0.4, 0.5) is 14.9 Å². The number of urea groups is 1. The number of carbonyl (C=O) groups excluding carboxylic acids is 2. The molecule has 1 heterocycles. The number of amides is 3. The van der Waals surface area contributed by atoms with Crippen LogP contribution in [-0.4, -0.2) is 29.1 Å². The van der Waals surface area contributed by atoms with Crippen molar-refractivity contribution in [1.82, 2.24) is 5.32 Å². The summed E-state index contributed by atoms with van der Waals surface area (Å²) >= 11 is 0. The van der Waals surface area contributed by atoms with Crippen LogP contribution >= 0.6 is 0 Å². The van der Waals surface area contributed by atoms with Gasteiger partial charge in [0.05, 0.1) is 12.1 Å². The number of carbonyl (C=O) groups is 3. The maximum absolute atomic E-state index is 12.7. The highest BCUT2D eigenvalue weighted by Gasteiger charge is 2.39. The largest absolute Gasteiger partial charge is 0.481 e. The summed E-state index contributed by atoms with van der Waals surface area (Å²) in [6, 6.07) is 2.98. The Morgan fingerprint density at radius 2 is 1.94 bits per heavy atom. The third-order valence-electron chi connectivity index (χ3n) is 2.48. The maximum atomic E-state index is 12.7. The van der Waals surface area contributed by atoms with Crippen LogP contribution in [-0.2, 0) is 9.59 Å². The van der Waals surface area contributed by atoms with Crippen LogP contribution in [0.25, 0.3) is 0 Å². The zero-order chi connectivity index (χ0) is 13.3. The van der Waals surface area contributed by atoms with Crippen molar-refractivity contribution in [3.05, 3.63) is 30.1 Å². The van der Waals surface area contributed by atoms with Gasteiger partial charge in [0.1, 0.15) is 11.9 Å². The highest BCUT2D eigenvalue weighted by Crippen LogP contribution is 2.20. The van der Waals surface area contributed by atoms with Crippen LogP contribution < -0.4 is 10.2 Å². The van der Waals surface area contributed by atoms with Crippen molar-refractivity contribution in [3.63, 3.8) is 0 Å². The van der Waals surface area contributed by atoms with Crippen LogP contribution in [0, 0.1) is 5.82 Å². The number of rotatable bonds is 3. The van der Waals surface area contributed by atoms with E-state index in [0.29, 0.717) is 0 Å². The second-order valence-corrected chi connectivity index (χ2v) is 3.75. The van der Waals surface area contributed by atoms with E-state index in [4.69, 9.17) is 5.11 Å². The number of nitrogens with one attached hydrogen (secondary N) is 1. The minimum absolute atomic E-state index is 0.201. The van der Waals surface area contributed by atoms with Gasteiger partial charge in [-0.2, -0.15) is 0 Å². The van der Waals surface area contributed by atoms with E-state index >= 15 is 0 Å². The molecule has 1 fully saturated rings. The molecule has 0 aromatic heterocycles. The summed E-state index contributed by atoms with van der Waals surface area (Å²) in [6.45, 7) is 0. The lowest BCUT2D eigenvalue weighted by atomic mass is 10.2. The first kappa shape index (κ1) is 12.0. The van der Waals surface area contributed by atoms with Gasteiger partial charge in [-0.25, -0.2) is 14.1 Å². The lowest BCUT2D eigenvalue weighted by Crippen LogP contribution is -2.32. The van der Waals surface area contributed by atoms with Gasteiger partial charge in [0.2, 0.25) is 0 Å². The van der Waals surface area contributed by atoms with E-state index in [1.54, 1.807) is 0 Å². The van der Waals surface area contributed by atoms with E-state index in [1.807, 2.05) is 0 Å². The standard InChI is InChI=1S/C11H9FN2O4/c12-6-1-3-7(4-2-6)14-10(17)8(5-9(15)16)13-11(14)18/h1-4,8H,5H2,(H,13,18)(H,15,16). The zero-order valence-corrected chi connectivity index (χ0v) is 9.09. The number of nitrogens with zero attached hydrogens (tertiary/aromatic N) is 1. The Labute approximate surface area is 101 Å². The topological polar surface area (TPSA) is 86.7 Å². The Morgan fingerprint density at radius 3 is 2.50 bits per heavy atom. The Kier molecular flexibility index (Phi) is 2.97. The van der Waals surface area contributed by atoms with Crippen LogP contribution in [0.15, 0.2) is 24.3 Å². The summed E-state index contributed by atoms with van der Waals surface area (Å²) in [5.74, 6) is -2.34. The molecule has 18 heavy (non-hydrogen) atoms. The van der Waals surface area contributed by atoms with Crippen molar-refractivity contribution < 1.29 is 23.9 Å². The van der Waals surface area contributed by atoms with Gasteiger partial charge in [-0.1, -0.05) is 0 Å². The van der Waals surface area contributed by atoms with E-state index in [1.165, 1.54) is 12.1 Å². The van der Waals surface area contributed by atoms with E-state index in [0.717, 1.165) is 17.0 Å². The molecule has 6 nitrogen and oxygen atoms in total. The second kappa shape index (κ2) is 4.44. The summed E-state index contributed by atoms with van der Waals surface area (Å²) < 4.78 is 12.7. The van der Waals surface area contributed by atoms with Crippen LogP contribution in [0.3, 0.4) is 0 Å². The fourth-order valence-corrected chi connectivity index (χ4v) is 1.68. The molecule has 1 aromatic carbocycles. The average molecular weight is 252 g/mol. The van der Waals surface area contributed by atoms with Crippen molar-refractivity contribution in [3.8, 4) is 0 Å². The van der Waals surface area contributed by atoms with Gasteiger partial charge < -0.3 is 10.4 Å². The summed E-state index contributed by atoms with van der Waals surface area (Å²) in [6.07, 6.45) is -0.484. The van der Waals surface area contributed by atoms with Crippen LogP contribution in [0.1, 0.15) is 6.42 Å². The van der Waals surface area contributed by atoms with E-state index in [9.17, 15) is 18.8 Å². The zero-order valence-electron chi connectivity index (χ0n) is 9.09. The van der Waals surface area contributed by atoms with Crippen LogP contribution in [0.2, 0.25) is 0 Å². The first-order valence-electron chi connectivity index (χ1n) is 5.11. The second-order valence-electron chi connectivity index (χ2n) is 3.75. The Balaban J connectivity index is 2.24. The summed E-state index contributed by atoms with van der Waals surface area (Å²) in [4.78, 5) is 34.7. The maximum Gasteiger partial charge on any atom is 0.329 e. The van der Waals surface area contributed by atoms with Gasteiger partial charge in [0.15, 0.2) is 0 Å². The molecule has 0 bridgehead atoms. The minimum atomic E-state index is -1.19. The molecule has 1 aliphatic rings. The molecule has 1 atom stereocenters. The fourth-order valence-electron chi connectivity index (χ4n) is 1.68. The van der Waals surface area contributed by atoms with Gasteiger partial charge in [0.25, 0.3) is 5.91 Å². The summed E-state index contributed by atoms with van der Waals surface area (Å²) in [5.41, 5.74) is 0.201. The van der Waals surface area contributed by atoms with Gasteiger partial charge >= 0.3 is 12.0 Å². The molecule has 0 spiro atoms. The third-order valence-corrected chi connectivity index (χ3v) is 2.48. The molecular weight excluding hydrogens is 243 g/mol. The molecular formula is C11H9FN2O4. The Bertz CT molecular complexity index is 514. The molecule has 3 amide bonds. The normalized spacial score (nSPS) is 18.9. The van der Waals surface area contributed by atoms with Gasteiger partial charge in [-0.3, -0.25) is 9.59 Å². The number of benzene rings is 1. The number of anilines is 1. The molecule has 1 unspecified atom stereocenters. The van der Waals surface area contributed by atoms with Gasteiger partial charge in [-0.05, 0) is 24.3 Å². The monoisotopic (exact) mass is 252 g/mol. The molecule has 2 N–H and O–H groups in total. The number of imide groups is 1. The van der Waals surface area contributed by atoms with Gasteiger partial charge in [0, 0.05) is 0 Å². The first-order chi connectivity index (χ1) is 8.49. The lowest BCUT2D eigenvalue weighted by Gasteiger charge is -2.12. The highest BCUT2D eigenvalue weighted by molar-refractivity contribution is 6.21. The fraction of sp³-hybridized carbons (Fsp3) is 0.182. The summed E-state index contributed by atoms with van der Waals surface area (Å²) in [5, 5.41) is 10.9. The number of carboxylic acid groups (broad SMARTS) is 1. The minimum Gasteiger partial charge on any atom is -0.481 e. The molecule has 1 aromatic rings. The lowest BCUT2D eigenvalue weighted by molar-refractivity contribution is -0.139. The van der Waals surface area contributed by atoms with Crippen LogP contribution in [0.5, 0.6) is 0 Å². The van der Waals surface area contributed by atoms with E-state index in [-0.39, 0.29) is 5.69 Å². The Hall–Kier alpha value is -2.44. The SMILES string of the molecule is O=C(O)CC1NC(=O)N(c2ccc(F)cc2)C1=O. The molecule has 94 valence electrons. The number of hydrogen-bond donors (Lipinski definition) is 2. The number of carboxylic acids is 1. The van der Waals surface area contributed by atoms with Gasteiger partial charge in [-0.15, -0.1) is 0 Å². The first-order valence-corrected chi connectivity index (χ1v) is 5.11. The smallest absolute Gasteiger partial charge is 0.329 e. The highest BCUT2D eigenvalue weighted by atomic mass is 19.1. The predicted molar refractivity (Wildman–Crippen MR) is 58.5 cm³/mol. The quantitative estimate of drug-likeness (QED) is 0.776. The predicted octanol–water partition coefficient (Wildman–Crippen LogP) is 0.725.